The second kappa shape index (κ2) is 8.19. The van der Waals surface area contributed by atoms with E-state index >= 15 is 0 Å². The van der Waals surface area contributed by atoms with Gasteiger partial charge in [-0.2, -0.15) is 0 Å². The lowest BCUT2D eigenvalue weighted by atomic mass is 10.1. The normalized spacial score (nSPS) is 11.0. The first kappa shape index (κ1) is 20.2. The second-order valence-corrected chi connectivity index (χ2v) is 7.77. The van der Waals surface area contributed by atoms with Gasteiger partial charge in [0.1, 0.15) is 11.6 Å². The Bertz CT molecular complexity index is 1130. The van der Waals surface area contributed by atoms with Crippen molar-refractivity contribution >= 4 is 33.0 Å². The number of amides is 1. The summed E-state index contributed by atoms with van der Waals surface area (Å²) in [6.07, 6.45) is 0. The van der Waals surface area contributed by atoms with E-state index in [1.54, 1.807) is 24.3 Å². The van der Waals surface area contributed by atoms with E-state index in [2.05, 4.69) is 10.0 Å². The van der Waals surface area contributed by atoms with Crippen molar-refractivity contribution in [3.05, 3.63) is 78.1 Å². The van der Waals surface area contributed by atoms with E-state index in [0.717, 1.165) is 24.3 Å². The summed E-state index contributed by atoms with van der Waals surface area (Å²) in [6.45, 7) is 0. The smallest absolute Gasteiger partial charge is 0.261 e. The molecule has 0 aliphatic rings. The maximum Gasteiger partial charge on any atom is 0.261 e. The number of anilines is 3. The highest BCUT2D eigenvalue weighted by Gasteiger charge is 2.16. The van der Waals surface area contributed by atoms with Gasteiger partial charge in [-0.3, -0.25) is 9.52 Å². The highest BCUT2D eigenvalue weighted by molar-refractivity contribution is 7.92. The van der Waals surface area contributed by atoms with E-state index in [0.29, 0.717) is 11.4 Å². The van der Waals surface area contributed by atoms with Crippen LogP contribution in [0.4, 0.5) is 21.5 Å². The average Bonchev–Trinajstić information content (AvgIpc) is 2.68. The molecular formula is C20H18FN3O4S. The fourth-order valence-corrected chi connectivity index (χ4v) is 3.59. The zero-order valence-corrected chi connectivity index (χ0v) is 16.2. The number of nitrogens with one attached hydrogen (secondary N) is 2. The number of halogens is 1. The number of nitrogen functional groups attached to an aromatic ring is 1. The van der Waals surface area contributed by atoms with Crippen molar-refractivity contribution in [2.75, 3.05) is 22.9 Å². The zero-order chi connectivity index (χ0) is 21.0. The number of nitrogens with two attached hydrogens (primary N) is 1. The van der Waals surface area contributed by atoms with Crippen LogP contribution >= 0.6 is 0 Å². The number of carbonyl (C=O) groups is 1. The monoisotopic (exact) mass is 415 g/mol. The summed E-state index contributed by atoms with van der Waals surface area (Å²) in [7, 11) is -2.44. The quantitative estimate of drug-likeness (QED) is 0.534. The maximum atomic E-state index is 13.0. The molecule has 0 bridgehead atoms. The summed E-state index contributed by atoms with van der Waals surface area (Å²) in [5.74, 6) is -0.375. The van der Waals surface area contributed by atoms with Crippen LogP contribution in [0.25, 0.3) is 0 Å². The summed E-state index contributed by atoms with van der Waals surface area (Å²) in [5, 5.41) is 2.70. The Hall–Kier alpha value is -3.59. The maximum absolute atomic E-state index is 13.0. The lowest BCUT2D eigenvalue weighted by Crippen LogP contribution is -2.16. The number of hydrogen-bond acceptors (Lipinski definition) is 5. The van der Waals surface area contributed by atoms with Gasteiger partial charge in [0.2, 0.25) is 0 Å². The highest BCUT2D eigenvalue weighted by atomic mass is 32.2. The number of carbonyl (C=O) groups excluding carboxylic acids is 1. The Kier molecular flexibility index (Phi) is 5.69. The molecule has 1 amide bonds. The largest absolute Gasteiger partial charge is 0.497 e. The first-order valence-electron chi connectivity index (χ1n) is 8.41. The molecule has 0 radical (unpaired) electrons. The van der Waals surface area contributed by atoms with Crippen LogP contribution in [0, 0.1) is 5.82 Å². The molecule has 0 saturated heterocycles. The molecule has 0 aliphatic carbocycles. The van der Waals surface area contributed by atoms with Gasteiger partial charge in [0.05, 0.1) is 17.7 Å². The lowest BCUT2D eigenvalue weighted by molar-refractivity contribution is 0.102. The molecule has 29 heavy (non-hydrogen) atoms. The first-order valence-corrected chi connectivity index (χ1v) is 9.89. The van der Waals surface area contributed by atoms with Crippen molar-refractivity contribution in [3.8, 4) is 5.75 Å². The van der Waals surface area contributed by atoms with E-state index < -0.39 is 21.7 Å². The van der Waals surface area contributed by atoms with E-state index in [1.165, 1.54) is 25.3 Å². The molecule has 9 heteroatoms. The van der Waals surface area contributed by atoms with Crippen LogP contribution in [-0.4, -0.2) is 21.4 Å². The van der Waals surface area contributed by atoms with Crippen LogP contribution in [-0.2, 0) is 10.0 Å². The van der Waals surface area contributed by atoms with Gasteiger partial charge in [0.15, 0.2) is 0 Å². The van der Waals surface area contributed by atoms with Crippen LogP contribution in [0.1, 0.15) is 10.4 Å². The van der Waals surface area contributed by atoms with Crippen LogP contribution < -0.4 is 20.5 Å². The molecule has 4 N–H and O–H groups in total. The third-order valence-corrected chi connectivity index (χ3v) is 5.34. The van der Waals surface area contributed by atoms with Gasteiger partial charge < -0.3 is 15.8 Å². The fraction of sp³-hybridized carbons (Fsp3) is 0.0500. The standard InChI is InChI=1S/C20H18FN3O4S/c1-28-18-6-4-16(5-7-18)23-20(25)13-10-15(22)12-17(11-13)24-29(26,27)19-8-2-14(21)3-9-19/h2-12,24H,22H2,1H3,(H,23,25). The van der Waals surface area contributed by atoms with E-state index in [9.17, 15) is 17.6 Å². The Morgan fingerprint density at radius 2 is 1.62 bits per heavy atom. The minimum atomic E-state index is -3.97. The van der Waals surface area contributed by atoms with Crippen molar-refractivity contribution in [1.82, 2.24) is 0 Å². The number of benzene rings is 3. The van der Waals surface area contributed by atoms with Gasteiger partial charge in [0, 0.05) is 16.9 Å². The molecule has 0 aliphatic heterocycles. The molecule has 3 aromatic rings. The number of ether oxygens (including phenoxy) is 1. The minimum Gasteiger partial charge on any atom is -0.497 e. The van der Waals surface area contributed by atoms with Crippen molar-refractivity contribution < 1.29 is 22.3 Å². The molecule has 0 unspecified atom stereocenters. The summed E-state index contributed by atoms with van der Waals surface area (Å²) in [6, 6.07) is 15.2. The molecule has 150 valence electrons. The first-order chi connectivity index (χ1) is 13.8. The molecule has 0 aromatic heterocycles. The van der Waals surface area contributed by atoms with E-state index in [-0.39, 0.29) is 21.8 Å². The second-order valence-electron chi connectivity index (χ2n) is 6.09. The summed E-state index contributed by atoms with van der Waals surface area (Å²) in [5.41, 5.74) is 6.83. The summed E-state index contributed by atoms with van der Waals surface area (Å²) >= 11 is 0. The van der Waals surface area contributed by atoms with Crippen molar-refractivity contribution in [2.45, 2.75) is 4.90 Å². The molecule has 0 fully saturated rings. The lowest BCUT2D eigenvalue weighted by Gasteiger charge is -2.11. The number of sulfonamides is 1. The van der Waals surface area contributed by atoms with Crippen LogP contribution in [0.3, 0.4) is 0 Å². The number of rotatable bonds is 6. The Morgan fingerprint density at radius 1 is 0.966 bits per heavy atom. The van der Waals surface area contributed by atoms with Gasteiger partial charge in [-0.1, -0.05) is 0 Å². The molecule has 0 atom stereocenters. The van der Waals surface area contributed by atoms with Gasteiger partial charge in [-0.05, 0) is 66.7 Å². The van der Waals surface area contributed by atoms with Crippen molar-refractivity contribution in [3.63, 3.8) is 0 Å². The van der Waals surface area contributed by atoms with Crippen LogP contribution in [0.5, 0.6) is 5.75 Å². The molecule has 0 saturated carbocycles. The Morgan fingerprint density at radius 3 is 2.24 bits per heavy atom. The summed E-state index contributed by atoms with van der Waals surface area (Å²) in [4.78, 5) is 12.4. The Labute approximate surface area is 167 Å². The van der Waals surface area contributed by atoms with E-state index in [1.807, 2.05) is 0 Å². The molecule has 3 rings (SSSR count). The molecule has 0 heterocycles. The predicted molar refractivity (Wildman–Crippen MR) is 109 cm³/mol. The van der Waals surface area contributed by atoms with Gasteiger partial charge in [-0.15, -0.1) is 0 Å². The van der Waals surface area contributed by atoms with Crippen LogP contribution in [0.15, 0.2) is 71.6 Å². The molecular weight excluding hydrogens is 397 g/mol. The molecule has 3 aromatic carbocycles. The van der Waals surface area contributed by atoms with Crippen LogP contribution in [0.2, 0.25) is 0 Å². The fourth-order valence-electron chi connectivity index (χ4n) is 2.55. The number of hydrogen-bond donors (Lipinski definition) is 3. The summed E-state index contributed by atoms with van der Waals surface area (Å²) < 4.78 is 45.4. The van der Waals surface area contributed by atoms with Crippen molar-refractivity contribution in [1.29, 1.82) is 0 Å². The molecule has 0 spiro atoms. The van der Waals surface area contributed by atoms with Crippen molar-refractivity contribution in [2.24, 2.45) is 0 Å². The highest BCUT2D eigenvalue weighted by Crippen LogP contribution is 2.22. The Balaban J connectivity index is 1.81. The van der Waals surface area contributed by atoms with Gasteiger partial charge in [0.25, 0.3) is 15.9 Å². The number of methoxy groups -OCH3 is 1. The van der Waals surface area contributed by atoms with Gasteiger partial charge in [-0.25, -0.2) is 12.8 Å². The minimum absolute atomic E-state index is 0.106. The topological polar surface area (TPSA) is 111 Å². The predicted octanol–water partition coefficient (Wildman–Crippen LogP) is 3.47. The van der Waals surface area contributed by atoms with Gasteiger partial charge >= 0.3 is 0 Å². The van der Waals surface area contributed by atoms with E-state index in [4.69, 9.17) is 10.5 Å². The average molecular weight is 415 g/mol. The third kappa shape index (κ3) is 5.02. The molecule has 7 nitrogen and oxygen atoms in total. The zero-order valence-electron chi connectivity index (χ0n) is 15.3. The SMILES string of the molecule is COc1ccc(NC(=O)c2cc(N)cc(NS(=O)(=O)c3ccc(F)cc3)c2)cc1. The third-order valence-electron chi connectivity index (χ3n) is 3.94.